The highest BCUT2D eigenvalue weighted by Gasteiger charge is 2.20. The van der Waals surface area contributed by atoms with Gasteiger partial charge in [-0.1, -0.05) is 23.4 Å². The molecule has 1 aliphatic rings. The summed E-state index contributed by atoms with van der Waals surface area (Å²) < 4.78 is 16.5. The van der Waals surface area contributed by atoms with E-state index in [1.54, 1.807) is 13.2 Å². The van der Waals surface area contributed by atoms with Crippen LogP contribution in [-0.2, 0) is 6.61 Å². The van der Waals surface area contributed by atoms with Crippen molar-refractivity contribution in [1.82, 2.24) is 0 Å². The molecule has 0 fully saturated rings. The molecular weight excluding hydrogens is 270 g/mol. The molecule has 5 heteroatoms. The monoisotopic (exact) mass is 285 g/mol. The topological polar surface area (TPSA) is 60.3 Å². The Bertz CT molecular complexity index is 682. The van der Waals surface area contributed by atoms with Gasteiger partial charge in [0, 0.05) is 17.2 Å². The highest BCUT2D eigenvalue weighted by atomic mass is 16.5. The van der Waals surface area contributed by atoms with Crippen LogP contribution in [0.1, 0.15) is 11.1 Å². The molecule has 0 unspecified atom stereocenters. The predicted molar refractivity (Wildman–Crippen MR) is 77.6 cm³/mol. The van der Waals surface area contributed by atoms with Gasteiger partial charge in [0.2, 0.25) is 0 Å². The summed E-state index contributed by atoms with van der Waals surface area (Å²) in [5, 5.41) is 12.1. The van der Waals surface area contributed by atoms with E-state index in [1.165, 1.54) is 0 Å². The van der Waals surface area contributed by atoms with Crippen molar-refractivity contribution >= 4 is 5.71 Å². The van der Waals surface area contributed by atoms with E-state index in [9.17, 15) is 0 Å². The summed E-state index contributed by atoms with van der Waals surface area (Å²) in [6.45, 7) is 0.686. The van der Waals surface area contributed by atoms with Crippen LogP contribution in [0.5, 0.6) is 17.2 Å². The van der Waals surface area contributed by atoms with Crippen LogP contribution in [0.4, 0.5) is 0 Å². The van der Waals surface area contributed by atoms with Gasteiger partial charge < -0.3 is 19.4 Å². The lowest BCUT2D eigenvalue weighted by molar-refractivity contribution is 0.294. The summed E-state index contributed by atoms with van der Waals surface area (Å²) in [7, 11) is 1.64. The van der Waals surface area contributed by atoms with E-state index in [1.807, 2.05) is 36.4 Å². The molecule has 0 aromatic heterocycles. The number of benzene rings is 2. The first-order valence-corrected chi connectivity index (χ1v) is 6.54. The first-order chi connectivity index (χ1) is 10.3. The van der Waals surface area contributed by atoms with Gasteiger partial charge in [-0.2, -0.15) is 0 Å². The van der Waals surface area contributed by atoms with Gasteiger partial charge in [0.15, 0.2) is 0 Å². The molecule has 0 atom stereocenters. The van der Waals surface area contributed by atoms with Crippen LogP contribution in [0.3, 0.4) is 0 Å². The fourth-order valence-corrected chi connectivity index (χ4v) is 2.24. The van der Waals surface area contributed by atoms with Crippen molar-refractivity contribution in [3.63, 3.8) is 0 Å². The molecule has 3 rings (SSSR count). The second-order valence-corrected chi connectivity index (χ2v) is 4.59. The minimum Gasteiger partial charge on any atom is -0.496 e. The molecule has 0 bridgehead atoms. The average molecular weight is 285 g/mol. The third kappa shape index (κ3) is 2.63. The molecule has 0 aliphatic carbocycles. The zero-order valence-electron chi connectivity index (χ0n) is 11.6. The lowest BCUT2D eigenvalue weighted by Gasteiger charge is -2.10. The molecule has 108 valence electrons. The molecule has 0 saturated heterocycles. The van der Waals surface area contributed by atoms with E-state index >= 15 is 0 Å². The number of nitrogens with zero attached hydrogens (tertiary/aromatic N) is 1. The van der Waals surface area contributed by atoms with E-state index in [-0.39, 0.29) is 6.61 Å². The number of fused-ring (bicyclic) bond motifs is 1. The highest BCUT2D eigenvalue weighted by molar-refractivity contribution is 6.06. The van der Waals surface area contributed by atoms with Gasteiger partial charge in [0.25, 0.3) is 0 Å². The lowest BCUT2D eigenvalue weighted by Crippen LogP contribution is -2.01. The molecule has 21 heavy (non-hydrogen) atoms. The largest absolute Gasteiger partial charge is 0.496 e. The first kappa shape index (κ1) is 13.3. The van der Waals surface area contributed by atoms with Crippen LogP contribution in [0, 0.1) is 0 Å². The summed E-state index contributed by atoms with van der Waals surface area (Å²) >= 11 is 0. The summed E-state index contributed by atoms with van der Waals surface area (Å²) in [5.41, 5.74) is 2.29. The number of rotatable bonds is 4. The molecule has 1 aliphatic heterocycles. The van der Waals surface area contributed by atoms with Crippen LogP contribution in [0.25, 0.3) is 0 Å². The molecule has 0 amide bonds. The molecule has 5 nitrogen and oxygen atoms in total. The number of methoxy groups -OCH3 is 1. The van der Waals surface area contributed by atoms with E-state index < -0.39 is 0 Å². The highest BCUT2D eigenvalue weighted by Crippen LogP contribution is 2.30. The van der Waals surface area contributed by atoms with Gasteiger partial charge in [-0.15, -0.1) is 0 Å². The van der Waals surface area contributed by atoms with Crippen LogP contribution < -0.4 is 14.2 Å². The Kier molecular flexibility index (Phi) is 3.64. The summed E-state index contributed by atoms with van der Waals surface area (Å²) in [6, 6.07) is 13.2. The van der Waals surface area contributed by atoms with Gasteiger partial charge in [0.05, 0.1) is 7.11 Å². The predicted octanol–water partition coefficient (Wildman–Crippen LogP) is 2.84. The number of para-hydroxylation sites is 1. The van der Waals surface area contributed by atoms with Gasteiger partial charge in [-0.25, -0.2) is 0 Å². The smallest absolute Gasteiger partial charge is 0.134 e. The Morgan fingerprint density at radius 3 is 2.90 bits per heavy atom. The zero-order valence-corrected chi connectivity index (χ0v) is 11.6. The molecule has 1 heterocycles. The average Bonchev–Trinajstić information content (AvgIpc) is 2.95. The van der Waals surface area contributed by atoms with Crippen LogP contribution in [-0.4, -0.2) is 24.6 Å². The van der Waals surface area contributed by atoms with Crippen molar-refractivity contribution in [2.24, 2.45) is 5.16 Å². The zero-order chi connectivity index (χ0) is 14.7. The Labute approximate surface area is 122 Å². The summed E-state index contributed by atoms with van der Waals surface area (Å²) in [6.07, 6.45) is 0. The Balaban J connectivity index is 1.75. The second-order valence-electron chi connectivity index (χ2n) is 4.59. The van der Waals surface area contributed by atoms with Crippen LogP contribution in [0.15, 0.2) is 47.6 Å². The number of hydrogen-bond acceptors (Lipinski definition) is 5. The number of ether oxygens (including phenoxy) is 3. The van der Waals surface area contributed by atoms with Crippen molar-refractivity contribution in [3.05, 3.63) is 53.6 Å². The molecule has 2 aromatic rings. The van der Waals surface area contributed by atoms with E-state index in [2.05, 4.69) is 5.16 Å². The first-order valence-electron chi connectivity index (χ1n) is 6.54. The number of hydrogen-bond donors (Lipinski definition) is 1. The van der Waals surface area contributed by atoms with Crippen molar-refractivity contribution in [1.29, 1.82) is 0 Å². The van der Waals surface area contributed by atoms with Gasteiger partial charge in [-0.05, 0) is 18.2 Å². The molecule has 2 aromatic carbocycles. The normalized spacial score (nSPS) is 14.6. The van der Waals surface area contributed by atoms with Crippen LogP contribution in [0.2, 0.25) is 0 Å². The molecule has 0 spiro atoms. The van der Waals surface area contributed by atoms with Gasteiger partial charge in [0.1, 0.15) is 36.2 Å². The third-order valence-corrected chi connectivity index (χ3v) is 3.34. The standard InChI is InChI=1S/C16H15NO4/c1-19-15-5-3-2-4-11(15)9-20-12-6-7-13-14(17-18)10-21-16(13)8-12/h2-8,18H,9-10H2,1H3. The number of oxime groups is 1. The van der Waals surface area contributed by atoms with Crippen molar-refractivity contribution in [3.8, 4) is 17.2 Å². The molecule has 0 saturated carbocycles. The molecule has 1 N–H and O–H groups in total. The van der Waals surface area contributed by atoms with Crippen molar-refractivity contribution < 1.29 is 19.4 Å². The maximum atomic E-state index is 8.85. The molecule has 0 radical (unpaired) electrons. The fourth-order valence-electron chi connectivity index (χ4n) is 2.24. The van der Waals surface area contributed by atoms with Crippen LogP contribution >= 0.6 is 0 Å². The molecular formula is C16H15NO4. The van der Waals surface area contributed by atoms with Crippen molar-refractivity contribution in [2.75, 3.05) is 13.7 Å². The quantitative estimate of drug-likeness (QED) is 0.693. The lowest BCUT2D eigenvalue weighted by atomic mass is 10.1. The summed E-state index contributed by atoms with van der Waals surface area (Å²) in [5.74, 6) is 2.16. The second kappa shape index (κ2) is 5.75. The Morgan fingerprint density at radius 1 is 1.24 bits per heavy atom. The maximum Gasteiger partial charge on any atom is 0.134 e. The van der Waals surface area contributed by atoms with E-state index in [0.717, 1.165) is 16.9 Å². The van der Waals surface area contributed by atoms with E-state index in [0.29, 0.717) is 23.8 Å². The van der Waals surface area contributed by atoms with E-state index in [4.69, 9.17) is 19.4 Å². The Hall–Kier alpha value is -2.69. The SMILES string of the molecule is COc1ccccc1COc1ccc2c(c1)OCC2=NO. The third-order valence-electron chi connectivity index (χ3n) is 3.34. The fraction of sp³-hybridized carbons (Fsp3) is 0.188. The van der Waals surface area contributed by atoms with Gasteiger partial charge in [-0.3, -0.25) is 0 Å². The Morgan fingerprint density at radius 2 is 2.10 bits per heavy atom. The minimum absolute atomic E-state index is 0.280. The minimum atomic E-state index is 0.280. The summed E-state index contributed by atoms with van der Waals surface area (Å²) in [4.78, 5) is 0. The van der Waals surface area contributed by atoms with Crippen molar-refractivity contribution in [2.45, 2.75) is 6.61 Å². The van der Waals surface area contributed by atoms with Gasteiger partial charge >= 0.3 is 0 Å². The maximum absolute atomic E-state index is 8.85.